The van der Waals surface area contributed by atoms with Gasteiger partial charge in [0.25, 0.3) is 5.91 Å². The van der Waals surface area contributed by atoms with Gasteiger partial charge in [0.1, 0.15) is 12.4 Å². The van der Waals surface area contributed by atoms with Crippen LogP contribution in [-0.2, 0) is 21.3 Å². The Bertz CT molecular complexity index is 1080. The first-order chi connectivity index (χ1) is 16.1. The van der Waals surface area contributed by atoms with Crippen molar-refractivity contribution in [2.75, 3.05) is 44.8 Å². The second kappa shape index (κ2) is 11.2. The number of amides is 1. The molecule has 2 aromatic rings. The van der Waals surface area contributed by atoms with Gasteiger partial charge < -0.3 is 14.4 Å². The van der Waals surface area contributed by atoms with E-state index >= 15 is 0 Å². The largest absolute Gasteiger partial charge is 0.491 e. The van der Waals surface area contributed by atoms with Crippen LogP contribution >= 0.6 is 0 Å². The first-order valence-electron chi connectivity index (χ1n) is 11.4. The van der Waals surface area contributed by atoms with E-state index in [0.717, 1.165) is 19.3 Å². The number of fused-ring (bicyclic) bond motifs is 1. The van der Waals surface area contributed by atoms with Crippen LogP contribution in [-0.4, -0.2) is 76.4 Å². The average Bonchev–Trinajstić information content (AvgIpc) is 2.79. The predicted molar refractivity (Wildman–Crippen MR) is 134 cm³/mol. The predicted octanol–water partition coefficient (Wildman–Crippen LogP) is 3.06. The Morgan fingerprint density at radius 2 is 1.82 bits per heavy atom. The van der Waals surface area contributed by atoms with E-state index < -0.39 is 10.0 Å². The van der Waals surface area contributed by atoms with Crippen molar-refractivity contribution in [3.05, 3.63) is 59.7 Å². The molecule has 2 aromatic carbocycles. The molecule has 1 N–H and O–H groups in total. The van der Waals surface area contributed by atoms with Crippen LogP contribution in [0.15, 0.2) is 48.5 Å². The van der Waals surface area contributed by atoms with Gasteiger partial charge in [-0.1, -0.05) is 37.3 Å². The highest BCUT2D eigenvalue weighted by molar-refractivity contribution is 7.92. The minimum absolute atomic E-state index is 0.0640. The van der Waals surface area contributed by atoms with Crippen LogP contribution in [0.5, 0.6) is 5.75 Å². The fourth-order valence-electron chi connectivity index (χ4n) is 4.17. The van der Waals surface area contributed by atoms with Gasteiger partial charge in [-0.3, -0.25) is 14.4 Å². The van der Waals surface area contributed by atoms with Crippen LogP contribution in [0.4, 0.5) is 5.69 Å². The molecule has 3 rings (SSSR count). The lowest BCUT2D eigenvalue weighted by Gasteiger charge is -2.36. The summed E-state index contributed by atoms with van der Waals surface area (Å²) in [5, 5.41) is 0. The number of nitrogens with zero attached hydrogens (tertiary/aromatic N) is 2. The molecule has 186 valence electrons. The van der Waals surface area contributed by atoms with Gasteiger partial charge in [-0.05, 0) is 36.6 Å². The molecule has 0 saturated carbocycles. The first kappa shape index (κ1) is 26.0. The molecule has 0 saturated heterocycles. The van der Waals surface area contributed by atoms with Crippen molar-refractivity contribution >= 4 is 21.6 Å². The lowest BCUT2D eigenvalue weighted by Crippen LogP contribution is -2.46. The summed E-state index contributed by atoms with van der Waals surface area (Å²) in [5.41, 5.74) is 1.84. The molecule has 9 heteroatoms. The van der Waals surface area contributed by atoms with Crippen molar-refractivity contribution < 1.29 is 22.7 Å². The number of ether oxygens (including phenoxy) is 2. The number of sulfonamides is 1. The van der Waals surface area contributed by atoms with E-state index in [-0.39, 0.29) is 24.0 Å². The fraction of sp³-hybridized carbons (Fsp3) is 0.480. The molecular weight excluding hydrogens is 454 g/mol. The van der Waals surface area contributed by atoms with Crippen molar-refractivity contribution in [3.63, 3.8) is 0 Å². The van der Waals surface area contributed by atoms with Gasteiger partial charge in [0.2, 0.25) is 10.0 Å². The van der Waals surface area contributed by atoms with Crippen LogP contribution in [0.3, 0.4) is 0 Å². The molecule has 0 radical (unpaired) electrons. The monoisotopic (exact) mass is 489 g/mol. The minimum Gasteiger partial charge on any atom is -0.491 e. The summed E-state index contributed by atoms with van der Waals surface area (Å²) in [6, 6.07) is 15.1. The van der Waals surface area contributed by atoms with Crippen LogP contribution in [0.2, 0.25) is 0 Å². The topological polar surface area (TPSA) is 88.2 Å². The van der Waals surface area contributed by atoms with Crippen molar-refractivity contribution in [1.29, 1.82) is 0 Å². The maximum absolute atomic E-state index is 13.3. The van der Waals surface area contributed by atoms with Crippen molar-refractivity contribution in [2.45, 2.75) is 32.5 Å². The van der Waals surface area contributed by atoms with E-state index in [1.54, 1.807) is 31.2 Å². The molecule has 34 heavy (non-hydrogen) atoms. The third kappa shape index (κ3) is 6.94. The van der Waals surface area contributed by atoms with Gasteiger partial charge in [-0.2, -0.15) is 0 Å². The van der Waals surface area contributed by atoms with Gasteiger partial charge in [-0.25, -0.2) is 8.42 Å². The number of nitrogens with one attached hydrogen (secondary N) is 1. The fourth-order valence-corrected chi connectivity index (χ4v) is 4.72. The molecule has 0 aliphatic carbocycles. The summed E-state index contributed by atoms with van der Waals surface area (Å²) >= 11 is 0. The Morgan fingerprint density at radius 3 is 2.47 bits per heavy atom. The molecule has 1 aliphatic rings. The van der Waals surface area contributed by atoms with Gasteiger partial charge in [0.05, 0.1) is 17.9 Å². The van der Waals surface area contributed by atoms with Crippen molar-refractivity contribution in [2.24, 2.45) is 5.92 Å². The Morgan fingerprint density at radius 1 is 1.12 bits per heavy atom. The van der Waals surface area contributed by atoms with Crippen LogP contribution < -0.4 is 9.46 Å². The summed E-state index contributed by atoms with van der Waals surface area (Å²) in [4.78, 5) is 17.3. The molecule has 0 bridgehead atoms. The normalized spacial score (nSPS) is 22.8. The van der Waals surface area contributed by atoms with Gasteiger partial charge in [-0.15, -0.1) is 0 Å². The standard InChI is InChI=1S/C25H35N3O5S/c1-18-14-28(15-20-9-7-6-8-10-20)19(2)17-33-23-12-11-21(26-34(5,30)31)13-22(23)25(29)27(3)16-24(18)32-4/h6-13,18-19,24,26H,14-17H2,1-5H3/t18-,19+,24+/m0/s1. The summed E-state index contributed by atoms with van der Waals surface area (Å²) in [7, 11) is -0.0949. The molecule has 8 nitrogen and oxygen atoms in total. The number of rotatable bonds is 5. The Hall–Kier alpha value is -2.62. The summed E-state index contributed by atoms with van der Waals surface area (Å²) in [5.74, 6) is 0.323. The second-order valence-electron chi connectivity index (χ2n) is 9.10. The molecule has 0 spiro atoms. The molecule has 1 heterocycles. The molecule has 1 amide bonds. The SMILES string of the molecule is CO[C@@H]1CN(C)C(=O)c2cc(NS(C)(=O)=O)ccc2OC[C@@H](C)N(Cc2ccccc2)C[C@@H]1C. The maximum Gasteiger partial charge on any atom is 0.257 e. The van der Waals surface area contributed by atoms with E-state index in [0.29, 0.717) is 30.2 Å². The highest BCUT2D eigenvalue weighted by Crippen LogP contribution is 2.27. The second-order valence-corrected chi connectivity index (χ2v) is 10.8. The zero-order valence-corrected chi connectivity index (χ0v) is 21.3. The van der Waals surface area contributed by atoms with Gasteiger partial charge in [0.15, 0.2) is 0 Å². The molecule has 0 fully saturated rings. The van der Waals surface area contributed by atoms with Gasteiger partial charge >= 0.3 is 0 Å². The minimum atomic E-state index is -3.48. The van der Waals surface area contributed by atoms with Crippen LogP contribution in [0, 0.1) is 5.92 Å². The quantitative estimate of drug-likeness (QED) is 0.695. The number of likely N-dealkylation sites (N-methyl/N-ethyl adjacent to an activating group) is 1. The van der Waals surface area contributed by atoms with E-state index in [1.807, 2.05) is 18.2 Å². The number of carbonyl (C=O) groups excluding carboxylic acids is 1. The average molecular weight is 490 g/mol. The van der Waals surface area contributed by atoms with E-state index in [9.17, 15) is 13.2 Å². The maximum atomic E-state index is 13.3. The van der Waals surface area contributed by atoms with E-state index in [1.165, 1.54) is 11.6 Å². The highest BCUT2D eigenvalue weighted by atomic mass is 32.2. The summed E-state index contributed by atoms with van der Waals surface area (Å²) in [6.45, 7) is 6.56. The third-order valence-electron chi connectivity index (χ3n) is 6.11. The van der Waals surface area contributed by atoms with E-state index in [2.05, 4.69) is 35.6 Å². The summed E-state index contributed by atoms with van der Waals surface area (Å²) < 4.78 is 37.8. The zero-order chi connectivity index (χ0) is 24.9. The smallest absolute Gasteiger partial charge is 0.257 e. The number of methoxy groups -OCH3 is 1. The number of hydrogen-bond donors (Lipinski definition) is 1. The van der Waals surface area contributed by atoms with Crippen LogP contribution in [0.1, 0.15) is 29.8 Å². The lowest BCUT2D eigenvalue weighted by molar-refractivity contribution is 0.00922. The third-order valence-corrected chi connectivity index (χ3v) is 6.71. The summed E-state index contributed by atoms with van der Waals surface area (Å²) in [6.07, 6.45) is 0.908. The van der Waals surface area contributed by atoms with E-state index in [4.69, 9.17) is 9.47 Å². The molecule has 0 aromatic heterocycles. The number of anilines is 1. The molecular formula is C25H35N3O5S. The Balaban J connectivity index is 1.96. The Labute approximate surface area is 202 Å². The van der Waals surface area contributed by atoms with Gasteiger partial charge in [0, 0.05) is 45.5 Å². The lowest BCUT2D eigenvalue weighted by atomic mass is 10.0. The number of hydrogen-bond acceptors (Lipinski definition) is 6. The molecule has 1 aliphatic heterocycles. The Kier molecular flexibility index (Phi) is 8.57. The molecule has 0 unspecified atom stereocenters. The number of carbonyl (C=O) groups is 1. The van der Waals surface area contributed by atoms with Crippen molar-refractivity contribution in [1.82, 2.24) is 9.80 Å². The number of benzene rings is 2. The van der Waals surface area contributed by atoms with Crippen LogP contribution in [0.25, 0.3) is 0 Å². The molecule has 3 atom stereocenters. The zero-order valence-electron chi connectivity index (χ0n) is 20.5. The highest BCUT2D eigenvalue weighted by Gasteiger charge is 2.28. The van der Waals surface area contributed by atoms with Crippen molar-refractivity contribution in [3.8, 4) is 5.75 Å². The first-order valence-corrected chi connectivity index (χ1v) is 13.3.